The van der Waals surface area contributed by atoms with Gasteiger partial charge in [-0.2, -0.15) is 0 Å². The van der Waals surface area contributed by atoms with Crippen molar-refractivity contribution in [3.05, 3.63) is 28.2 Å². The number of hydrogen-bond donors (Lipinski definition) is 3. The molecule has 0 amide bonds. The van der Waals surface area contributed by atoms with Crippen LogP contribution in [0.1, 0.15) is 40.5 Å². The lowest BCUT2D eigenvalue weighted by atomic mass is 9.80. The standard InChI is InChI=1S/C16H23Cl2N3S/c1-15(2)8-11(9-16(3,4)21-15)20-14(22)19-10-5-6-12(17)13(18)7-10/h5-7,11,21H,8-9H2,1-4H3,(H2,19,20,22)/p+1. The van der Waals surface area contributed by atoms with Crippen LogP contribution in [-0.4, -0.2) is 22.2 Å². The number of quaternary nitrogens is 1. The molecule has 0 radical (unpaired) electrons. The Morgan fingerprint density at radius 2 is 1.73 bits per heavy atom. The van der Waals surface area contributed by atoms with Crippen molar-refractivity contribution in [3.63, 3.8) is 0 Å². The second kappa shape index (κ2) is 6.52. The molecule has 0 spiro atoms. The molecule has 0 bridgehead atoms. The number of benzene rings is 1. The van der Waals surface area contributed by atoms with E-state index in [1.54, 1.807) is 12.1 Å². The maximum atomic E-state index is 6.02. The van der Waals surface area contributed by atoms with E-state index in [1.165, 1.54) is 0 Å². The lowest BCUT2D eigenvalue weighted by Crippen LogP contribution is -3.06. The summed E-state index contributed by atoms with van der Waals surface area (Å²) in [5, 5.41) is 10.7. The molecule has 0 aliphatic carbocycles. The lowest BCUT2D eigenvalue weighted by Gasteiger charge is -2.43. The number of nitrogens with one attached hydrogen (secondary N) is 2. The number of rotatable bonds is 2. The predicted molar refractivity (Wildman–Crippen MR) is 98.9 cm³/mol. The number of nitrogens with two attached hydrogens (primary N) is 1. The van der Waals surface area contributed by atoms with Gasteiger partial charge in [-0.15, -0.1) is 0 Å². The van der Waals surface area contributed by atoms with Gasteiger partial charge in [0.2, 0.25) is 0 Å². The van der Waals surface area contributed by atoms with Crippen molar-refractivity contribution in [1.29, 1.82) is 0 Å². The third-order valence-corrected chi connectivity index (χ3v) is 4.80. The maximum Gasteiger partial charge on any atom is 0.171 e. The van der Waals surface area contributed by atoms with E-state index < -0.39 is 0 Å². The minimum Gasteiger partial charge on any atom is -0.359 e. The van der Waals surface area contributed by atoms with Crippen LogP contribution in [0.3, 0.4) is 0 Å². The zero-order chi connectivity index (χ0) is 16.5. The normalized spacial score (nSPS) is 20.5. The molecule has 1 aliphatic rings. The Morgan fingerprint density at radius 1 is 1.14 bits per heavy atom. The highest BCUT2D eigenvalue weighted by atomic mass is 35.5. The number of piperidine rings is 1. The molecule has 1 saturated heterocycles. The molecule has 0 atom stereocenters. The Labute approximate surface area is 148 Å². The van der Waals surface area contributed by atoms with Crippen molar-refractivity contribution in [3.8, 4) is 0 Å². The second-order valence-electron chi connectivity index (χ2n) is 7.45. The third kappa shape index (κ3) is 4.98. The zero-order valence-corrected chi connectivity index (χ0v) is 15.8. The summed E-state index contributed by atoms with van der Waals surface area (Å²) in [5.74, 6) is 0. The minimum atomic E-state index is 0.207. The first-order valence-electron chi connectivity index (χ1n) is 7.46. The van der Waals surface area contributed by atoms with Gasteiger partial charge in [0.15, 0.2) is 5.11 Å². The van der Waals surface area contributed by atoms with Crippen molar-refractivity contribution >= 4 is 46.2 Å². The maximum absolute atomic E-state index is 6.02. The summed E-state index contributed by atoms with van der Waals surface area (Å²) in [7, 11) is 0. The fraction of sp³-hybridized carbons (Fsp3) is 0.562. The molecular weight excluding hydrogens is 337 g/mol. The summed E-state index contributed by atoms with van der Waals surface area (Å²) in [6.07, 6.45) is 2.14. The molecule has 2 rings (SSSR count). The van der Waals surface area contributed by atoms with Gasteiger partial charge < -0.3 is 16.0 Å². The van der Waals surface area contributed by atoms with E-state index in [2.05, 4.69) is 43.6 Å². The highest BCUT2D eigenvalue weighted by Gasteiger charge is 2.41. The van der Waals surface area contributed by atoms with Crippen LogP contribution in [-0.2, 0) is 0 Å². The molecule has 1 aromatic rings. The Morgan fingerprint density at radius 3 is 2.27 bits per heavy atom. The van der Waals surface area contributed by atoms with E-state index in [-0.39, 0.29) is 11.1 Å². The first-order chi connectivity index (χ1) is 10.1. The molecule has 0 aromatic heterocycles. The average Bonchev–Trinajstić information content (AvgIpc) is 2.29. The van der Waals surface area contributed by atoms with Crippen LogP contribution < -0.4 is 16.0 Å². The molecule has 0 saturated carbocycles. The van der Waals surface area contributed by atoms with Gasteiger partial charge in [0.25, 0.3) is 0 Å². The van der Waals surface area contributed by atoms with Gasteiger partial charge in [-0.05, 0) is 58.1 Å². The molecule has 1 aromatic carbocycles. The Balaban J connectivity index is 1.98. The molecule has 1 fully saturated rings. The molecule has 0 unspecified atom stereocenters. The molecule has 1 heterocycles. The van der Waals surface area contributed by atoms with Crippen LogP contribution in [0.4, 0.5) is 5.69 Å². The summed E-state index contributed by atoms with van der Waals surface area (Å²) in [4.78, 5) is 0. The first-order valence-corrected chi connectivity index (χ1v) is 8.62. The van der Waals surface area contributed by atoms with Crippen molar-refractivity contribution in [2.75, 3.05) is 5.32 Å². The van der Waals surface area contributed by atoms with Gasteiger partial charge in [-0.25, -0.2) is 0 Å². The van der Waals surface area contributed by atoms with E-state index in [4.69, 9.17) is 35.4 Å². The van der Waals surface area contributed by atoms with E-state index >= 15 is 0 Å². The van der Waals surface area contributed by atoms with Gasteiger partial charge >= 0.3 is 0 Å². The average molecular weight is 361 g/mol. The molecular formula is C16H24Cl2N3S+. The highest BCUT2D eigenvalue weighted by molar-refractivity contribution is 7.80. The van der Waals surface area contributed by atoms with E-state index in [9.17, 15) is 0 Å². The second-order valence-corrected chi connectivity index (χ2v) is 8.68. The van der Waals surface area contributed by atoms with E-state index in [0.717, 1.165) is 18.5 Å². The van der Waals surface area contributed by atoms with Gasteiger partial charge in [0.05, 0.1) is 21.1 Å². The highest BCUT2D eigenvalue weighted by Crippen LogP contribution is 2.25. The van der Waals surface area contributed by atoms with Crippen LogP contribution in [0, 0.1) is 0 Å². The Bertz CT molecular complexity index is 557. The molecule has 6 heteroatoms. The largest absolute Gasteiger partial charge is 0.359 e. The molecule has 3 nitrogen and oxygen atoms in total. The van der Waals surface area contributed by atoms with Crippen molar-refractivity contribution in [1.82, 2.24) is 5.32 Å². The smallest absolute Gasteiger partial charge is 0.171 e. The van der Waals surface area contributed by atoms with Crippen LogP contribution in [0.25, 0.3) is 0 Å². The van der Waals surface area contributed by atoms with Crippen LogP contribution in [0.2, 0.25) is 10.0 Å². The fourth-order valence-corrected chi connectivity index (χ4v) is 4.13. The number of anilines is 1. The minimum absolute atomic E-state index is 0.207. The van der Waals surface area contributed by atoms with Gasteiger partial charge in [0.1, 0.15) is 0 Å². The fourth-order valence-electron chi connectivity index (χ4n) is 3.55. The van der Waals surface area contributed by atoms with Crippen LogP contribution >= 0.6 is 35.4 Å². The number of hydrogen-bond acceptors (Lipinski definition) is 1. The quantitative estimate of drug-likeness (QED) is 0.706. The molecule has 122 valence electrons. The van der Waals surface area contributed by atoms with Crippen LogP contribution in [0.15, 0.2) is 18.2 Å². The summed E-state index contributed by atoms with van der Waals surface area (Å²) in [6.45, 7) is 9.10. The van der Waals surface area contributed by atoms with Crippen LogP contribution in [0.5, 0.6) is 0 Å². The zero-order valence-electron chi connectivity index (χ0n) is 13.5. The van der Waals surface area contributed by atoms with Gasteiger partial charge in [0, 0.05) is 24.6 Å². The lowest BCUT2D eigenvalue weighted by molar-refractivity contribution is -0.787. The molecule has 4 N–H and O–H groups in total. The Kier molecular flexibility index (Phi) is 5.27. The van der Waals surface area contributed by atoms with Crippen molar-refractivity contribution < 1.29 is 5.32 Å². The topological polar surface area (TPSA) is 40.7 Å². The van der Waals surface area contributed by atoms with Crippen molar-refractivity contribution in [2.45, 2.75) is 57.7 Å². The SMILES string of the molecule is CC1(C)CC(NC(=S)Nc2ccc(Cl)c(Cl)c2)CC(C)(C)[NH2+]1. The van der Waals surface area contributed by atoms with Crippen molar-refractivity contribution in [2.24, 2.45) is 0 Å². The Hall–Kier alpha value is -0.550. The predicted octanol–water partition coefficient (Wildman–Crippen LogP) is 3.56. The number of thiocarbonyl (C=S) groups is 1. The summed E-state index contributed by atoms with van der Waals surface area (Å²) in [5.41, 5.74) is 1.25. The third-order valence-electron chi connectivity index (χ3n) is 3.84. The summed E-state index contributed by atoms with van der Waals surface area (Å²) >= 11 is 17.4. The summed E-state index contributed by atoms with van der Waals surface area (Å²) < 4.78 is 0. The van der Waals surface area contributed by atoms with E-state index in [0.29, 0.717) is 21.2 Å². The monoisotopic (exact) mass is 360 g/mol. The van der Waals surface area contributed by atoms with E-state index in [1.807, 2.05) is 6.07 Å². The molecule has 22 heavy (non-hydrogen) atoms. The van der Waals surface area contributed by atoms with Gasteiger partial charge in [-0.3, -0.25) is 0 Å². The number of halogens is 2. The molecule has 1 aliphatic heterocycles. The van der Waals surface area contributed by atoms with Gasteiger partial charge in [-0.1, -0.05) is 23.2 Å². The summed E-state index contributed by atoms with van der Waals surface area (Å²) in [6, 6.07) is 5.76. The first kappa shape index (κ1) is 17.8.